The lowest BCUT2D eigenvalue weighted by Crippen LogP contribution is -2.40. The molecule has 166 valence electrons. The second kappa shape index (κ2) is 14.6. The van der Waals surface area contributed by atoms with Gasteiger partial charge in [-0.05, 0) is 30.4 Å². The van der Waals surface area contributed by atoms with Crippen molar-refractivity contribution in [3.05, 3.63) is 83.9 Å². The number of aryl methyl sites for hydroxylation is 2. The molecule has 0 saturated heterocycles. The highest BCUT2D eigenvalue weighted by Gasteiger charge is 2.03. The predicted molar refractivity (Wildman–Crippen MR) is 138 cm³/mol. The Morgan fingerprint density at radius 3 is 2.23 bits per heavy atom. The van der Waals surface area contributed by atoms with E-state index in [9.17, 15) is 0 Å². The summed E-state index contributed by atoms with van der Waals surface area (Å²) in [5.74, 6) is 1.88. The Morgan fingerprint density at radius 1 is 0.903 bits per heavy atom. The lowest BCUT2D eigenvalue weighted by atomic mass is 10.1. The minimum Gasteiger partial charge on any atom is -0.356 e. The Morgan fingerprint density at radius 2 is 1.55 bits per heavy atom. The average Bonchev–Trinajstić information content (AvgIpc) is 3.25. The van der Waals surface area contributed by atoms with Gasteiger partial charge in [0.25, 0.3) is 0 Å². The van der Waals surface area contributed by atoms with Gasteiger partial charge in [0.05, 0.1) is 0 Å². The van der Waals surface area contributed by atoms with Crippen LogP contribution in [0.1, 0.15) is 30.3 Å². The SMILES string of the molecule is CCc1nncn1CCNC(=NCCCc1ccccc1)NCCc1ccccc1.I. The van der Waals surface area contributed by atoms with Gasteiger partial charge < -0.3 is 15.2 Å². The summed E-state index contributed by atoms with van der Waals surface area (Å²) in [5, 5.41) is 15.1. The van der Waals surface area contributed by atoms with Gasteiger partial charge in [-0.1, -0.05) is 67.6 Å². The summed E-state index contributed by atoms with van der Waals surface area (Å²) in [6.07, 6.45) is 5.72. The number of benzene rings is 2. The molecule has 0 amide bonds. The summed E-state index contributed by atoms with van der Waals surface area (Å²) < 4.78 is 2.09. The number of hydrogen-bond donors (Lipinski definition) is 2. The van der Waals surface area contributed by atoms with Crippen LogP contribution >= 0.6 is 24.0 Å². The third-order valence-corrected chi connectivity index (χ3v) is 4.94. The molecule has 0 aliphatic rings. The lowest BCUT2D eigenvalue weighted by molar-refractivity contribution is 0.631. The van der Waals surface area contributed by atoms with Crippen molar-refractivity contribution in [3.63, 3.8) is 0 Å². The topological polar surface area (TPSA) is 67.1 Å². The molecule has 1 heterocycles. The third kappa shape index (κ3) is 9.08. The standard InChI is InChI=1S/C24H32N6.HI/c1-2-23-29-28-20-30(23)19-18-27-24(26-17-15-22-12-7-4-8-13-22)25-16-9-14-21-10-5-3-6-11-21;/h3-8,10-13,20H,2,9,14-19H2,1H3,(H2,25,26,27);1H. The fourth-order valence-electron chi connectivity index (χ4n) is 3.30. The highest BCUT2D eigenvalue weighted by Crippen LogP contribution is 2.02. The normalized spacial score (nSPS) is 11.1. The maximum Gasteiger partial charge on any atom is 0.191 e. The molecule has 1 aromatic heterocycles. The minimum atomic E-state index is 0. The Balaban J connectivity index is 0.00000341. The van der Waals surface area contributed by atoms with Crippen LogP contribution in [-0.2, 0) is 25.8 Å². The molecule has 0 aliphatic heterocycles. The number of nitrogens with zero attached hydrogens (tertiary/aromatic N) is 4. The molecule has 0 saturated carbocycles. The third-order valence-electron chi connectivity index (χ3n) is 4.94. The molecule has 0 radical (unpaired) electrons. The number of nitrogens with one attached hydrogen (secondary N) is 2. The van der Waals surface area contributed by atoms with Crippen molar-refractivity contribution in [1.82, 2.24) is 25.4 Å². The highest BCUT2D eigenvalue weighted by molar-refractivity contribution is 14.0. The molecular weight excluding hydrogens is 499 g/mol. The Bertz CT molecular complexity index is 879. The van der Waals surface area contributed by atoms with Crippen molar-refractivity contribution in [2.45, 2.75) is 39.2 Å². The number of aliphatic imine (C=N–C) groups is 1. The van der Waals surface area contributed by atoms with Crippen molar-refractivity contribution in [3.8, 4) is 0 Å². The molecular formula is C24H33IN6. The Hall–Kier alpha value is -2.42. The van der Waals surface area contributed by atoms with E-state index >= 15 is 0 Å². The zero-order valence-electron chi connectivity index (χ0n) is 18.2. The van der Waals surface area contributed by atoms with Crippen LogP contribution in [0.2, 0.25) is 0 Å². The molecule has 2 aromatic carbocycles. The molecule has 0 aliphatic carbocycles. The molecule has 3 rings (SSSR count). The second-order valence-corrected chi connectivity index (χ2v) is 7.20. The van der Waals surface area contributed by atoms with Crippen LogP contribution in [0.4, 0.5) is 0 Å². The molecule has 7 heteroatoms. The van der Waals surface area contributed by atoms with Crippen molar-refractivity contribution >= 4 is 29.9 Å². The van der Waals surface area contributed by atoms with Crippen LogP contribution in [0.3, 0.4) is 0 Å². The van der Waals surface area contributed by atoms with Gasteiger partial charge in [0, 0.05) is 32.6 Å². The number of rotatable bonds is 11. The zero-order chi connectivity index (χ0) is 20.9. The van der Waals surface area contributed by atoms with Crippen molar-refractivity contribution in [2.75, 3.05) is 19.6 Å². The van der Waals surface area contributed by atoms with Crippen molar-refractivity contribution in [2.24, 2.45) is 4.99 Å². The summed E-state index contributed by atoms with van der Waals surface area (Å²) >= 11 is 0. The van der Waals surface area contributed by atoms with Gasteiger partial charge in [-0.3, -0.25) is 4.99 Å². The highest BCUT2D eigenvalue weighted by atomic mass is 127. The van der Waals surface area contributed by atoms with Gasteiger partial charge in [0.1, 0.15) is 12.2 Å². The molecule has 0 fully saturated rings. The van der Waals surface area contributed by atoms with Gasteiger partial charge >= 0.3 is 0 Å². The maximum atomic E-state index is 4.79. The first-order valence-electron chi connectivity index (χ1n) is 10.8. The molecule has 0 atom stereocenters. The molecule has 0 spiro atoms. The van der Waals surface area contributed by atoms with Crippen LogP contribution in [0, 0.1) is 0 Å². The number of hydrogen-bond acceptors (Lipinski definition) is 3. The van der Waals surface area contributed by atoms with E-state index in [0.717, 1.165) is 63.6 Å². The number of guanidine groups is 1. The van der Waals surface area contributed by atoms with Gasteiger partial charge in [0.15, 0.2) is 5.96 Å². The Labute approximate surface area is 202 Å². The van der Waals surface area contributed by atoms with E-state index in [0.29, 0.717) is 0 Å². The first-order chi connectivity index (χ1) is 14.8. The quantitative estimate of drug-likeness (QED) is 0.170. The lowest BCUT2D eigenvalue weighted by Gasteiger charge is -2.13. The van der Waals surface area contributed by atoms with E-state index < -0.39 is 0 Å². The average molecular weight is 532 g/mol. The van der Waals surface area contributed by atoms with E-state index in [1.54, 1.807) is 6.33 Å². The zero-order valence-corrected chi connectivity index (χ0v) is 20.5. The summed E-state index contributed by atoms with van der Waals surface area (Å²) in [4.78, 5) is 4.79. The summed E-state index contributed by atoms with van der Waals surface area (Å²) in [6, 6.07) is 21.1. The van der Waals surface area contributed by atoms with Crippen LogP contribution in [0.15, 0.2) is 72.0 Å². The van der Waals surface area contributed by atoms with Gasteiger partial charge in [0.2, 0.25) is 0 Å². The first-order valence-corrected chi connectivity index (χ1v) is 10.8. The monoisotopic (exact) mass is 532 g/mol. The first kappa shape index (κ1) is 24.8. The fraction of sp³-hybridized carbons (Fsp3) is 0.375. The van der Waals surface area contributed by atoms with E-state index in [2.05, 4.69) is 86.9 Å². The maximum absolute atomic E-state index is 4.79. The van der Waals surface area contributed by atoms with Gasteiger partial charge in [-0.25, -0.2) is 0 Å². The minimum absolute atomic E-state index is 0. The fourth-order valence-corrected chi connectivity index (χ4v) is 3.30. The number of aromatic nitrogens is 3. The van der Waals surface area contributed by atoms with Gasteiger partial charge in [-0.2, -0.15) is 0 Å². The van der Waals surface area contributed by atoms with E-state index in [1.807, 2.05) is 6.07 Å². The molecule has 2 N–H and O–H groups in total. The van der Waals surface area contributed by atoms with Gasteiger partial charge in [-0.15, -0.1) is 34.2 Å². The summed E-state index contributed by atoms with van der Waals surface area (Å²) in [7, 11) is 0. The molecule has 6 nitrogen and oxygen atoms in total. The Kier molecular flexibility index (Phi) is 11.7. The van der Waals surface area contributed by atoms with E-state index in [4.69, 9.17) is 4.99 Å². The van der Waals surface area contributed by atoms with Crippen LogP contribution in [-0.4, -0.2) is 40.4 Å². The summed E-state index contributed by atoms with van der Waals surface area (Å²) in [6.45, 7) is 5.34. The van der Waals surface area contributed by atoms with Crippen molar-refractivity contribution < 1.29 is 0 Å². The second-order valence-electron chi connectivity index (χ2n) is 7.20. The smallest absolute Gasteiger partial charge is 0.191 e. The van der Waals surface area contributed by atoms with Crippen LogP contribution < -0.4 is 10.6 Å². The van der Waals surface area contributed by atoms with Crippen LogP contribution in [0.5, 0.6) is 0 Å². The van der Waals surface area contributed by atoms with E-state index in [-0.39, 0.29) is 24.0 Å². The van der Waals surface area contributed by atoms with E-state index in [1.165, 1.54) is 11.1 Å². The molecule has 0 bridgehead atoms. The summed E-state index contributed by atoms with van der Waals surface area (Å²) in [5.41, 5.74) is 2.68. The molecule has 31 heavy (non-hydrogen) atoms. The predicted octanol–water partition coefficient (Wildman–Crippen LogP) is 3.87. The molecule has 3 aromatic rings. The number of halogens is 1. The molecule has 0 unspecified atom stereocenters. The van der Waals surface area contributed by atoms with Crippen LogP contribution in [0.25, 0.3) is 0 Å². The largest absolute Gasteiger partial charge is 0.356 e. The van der Waals surface area contributed by atoms with Crippen molar-refractivity contribution in [1.29, 1.82) is 0 Å².